The normalized spacial score (nSPS) is 68.3. The van der Waals surface area contributed by atoms with Crippen LogP contribution >= 0.6 is 0 Å². The van der Waals surface area contributed by atoms with E-state index in [0.717, 1.165) is 52.3 Å². The molecule has 0 amide bonds. The van der Waals surface area contributed by atoms with E-state index in [4.69, 9.17) is 0 Å². The molecule has 6 saturated carbocycles. The molecule has 0 aromatic carbocycles. The third-order valence-electron chi connectivity index (χ3n) is 10.8. The van der Waals surface area contributed by atoms with Gasteiger partial charge in [-0.3, -0.25) is 0 Å². The minimum Gasteiger partial charge on any atom is -0.0648 e. The van der Waals surface area contributed by atoms with Crippen LogP contribution in [0.5, 0.6) is 0 Å². The fourth-order valence-corrected chi connectivity index (χ4v) is 10.2. The third kappa shape index (κ3) is 1.16. The van der Waals surface area contributed by atoms with E-state index < -0.39 is 0 Å². The predicted molar refractivity (Wildman–Crippen MR) is 92.4 cm³/mol. The summed E-state index contributed by atoms with van der Waals surface area (Å²) in [5.74, 6) is 7.33. The molecule has 0 radical (unpaired) electrons. The molecular formula is C22H36. The first-order chi connectivity index (χ1) is 10.4. The topological polar surface area (TPSA) is 0 Å². The quantitative estimate of drug-likeness (QED) is 0.544. The van der Waals surface area contributed by atoms with Crippen molar-refractivity contribution in [2.75, 3.05) is 0 Å². The Morgan fingerprint density at radius 1 is 1.05 bits per heavy atom. The number of fused-ring (bicyclic) bond motifs is 3. The van der Waals surface area contributed by atoms with E-state index >= 15 is 0 Å². The van der Waals surface area contributed by atoms with Crippen LogP contribution in [0.15, 0.2) is 0 Å². The highest BCUT2D eigenvalue weighted by Gasteiger charge is 2.86. The smallest absolute Gasteiger partial charge is 0.0165 e. The molecule has 6 rings (SSSR count). The first-order valence-corrected chi connectivity index (χ1v) is 10.4. The van der Waals surface area contributed by atoms with E-state index in [-0.39, 0.29) is 0 Å². The number of hydrogen-bond donors (Lipinski definition) is 0. The van der Waals surface area contributed by atoms with Crippen molar-refractivity contribution in [1.82, 2.24) is 0 Å². The van der Waals surface area contributed by atoms with Crippen LogP contribution in [-0.2, 0) is 0 Å². The maximum atomic E-state index is 2.71. The fourth-order valence-electron chi connectivity index (χ4n) is 10.2. The SMILES string of the molecule is CCC1(C)C2[C@@H](C)[C@@H](C)C23C2CCC4CC[C@](C2)(C(C)C4)C13. The molecule has 7 unspecified atom stereocenters. The molecule has 6 aliphatic rings. The molecule has 0 aromatic rings. The molecule has 0 saturated heterocycles. The molecule has 22 heavy (non-hydrogen) atoms. The Morgan fingerprint density at radius 3 is 2.50 bits per heavy atom. The molecule has 0 heterocycles. The van der Waals surface area contributed by atoms with Crippen LogP contribution in [0.1, 0.15) is 79.6 Å². The van der Waals surface area contributed by atoms with Gasteiger partial charge in [0.15, 0.2) is 0 Å². The van der Waals surface area contributed by atoms with Gasteiger partial charge in [-0.15, -0.1) is 0 Å². The molecule has 0 N–H and O–H groups in total. The summed E-state index contributed by atoms with van der Waals surface area (Å²) in [6.45, 7) is 13.1. The lowest BCUT2D eigenvalue weighted by Gasteiger charge is -2.82. The molecule has 0 heteroatoms. The van der Waals surface area contributed by atoms with Crippen molar-refractivity contribution in [3.05, 3.63) is 0 Å². The van der Waals surface area contributed by atoms with Gasteiger partial charge >= 0.3 is 0 Å². The monoisotopic (exact) mass is 300 g/mol. The fraction of sp³-hybridized carbons (Fsp3) is 1.00. The van der Waals surface area contributed by atoms with Crippen molar-refractivity contribution in [3.8, 4) is 0 Å². The highest BCUT2D eigenvalue weighted by Crippen LogP contribution is 2.91. The minimum absolute atomic E-state index is 0.673. The molecule has 124 valence electrons. The molecule has 0 nitrogen and oxygen atoms in total. The lowest BCUT2D eigenvalue weighted by molar-refractivity contribution is -0.353. The standard InChI is InChI=1S/C22H36/c1-6-20(5)18-14(3)15(4)22(18)17-8-7-16-9-10-21(12-17,19(20)22)13(2)11-16/h13-19H,6-12H2,1-5H3/t13?,14-,15+,16?,17?,18?,19?,20?,21-,22?/m0/s1. The lowest BCUT2D eigenvalue weighted by atomic mass is 9.22. The largest absolute Gasteiger partial charge is 0.0648 e. The van der Waals surface area contributed by atoms with Gasteiger partial charge in [0, 0.05) is 0 Å². The second-order valence-electron chi connectivity index (χ2n) is 10.7. The van der Waals surface area contributed by atoms with Crippen LogP contribution in [-0.4, -0.2) is 0 Å². The van der Waals surface area contributed by atoms with Crippen molar-refractivity contribution in [2.45, 2.75) is 79.6 Å². The second-order valence-corrected chi connectivity index (χ2v) is 10.7. The second kappa shape index (κ2) is 3.97. The van der Waals surface area contributed by atoms with E-state index in [0.29, 0.717) is 5.41 Å². The summed E-state index contributed by atoms with van der Waals surface area (Å²) >= 11 is 0. The molecule has 6 aliphatic carbocycles. The first-order valence-electron chi connectivity index (χ1n) is 10.4. The third-order valence-corrected chi connectivity index (χ3v) is 10.8. The van der Waals surface area contributed by atoms with Crippen molar-refractivity contribution < 1.29 is 0 Å². The summed E-state index contributed by atoms with van der Waals surface area (Å²) in [6, 6.07) is 0. The molecule has 6 fully saturated rings. The summed E-state index contributed by atoms with van der Waals surface area (Å²) in [5.41, 5.74) is 2.21. The summed E-state index contributed by atoms with van der Waals surface area (Å²) in [7, 11) is 0. The van der Waals surface area contributed by atoms with Gasteiger partial charge in [-0.25, -0.2) is 0 Å². The average Bonchev–Trinajstić information content (AvgIpc) is 2.79. The van der Waals surface area contributed by atoms with E-state index in [1.807, 2.05) is 0 Å². The van der Waals surface area contributed by atoms with Crippen molar-refractivity contribution in [2.24, 2.45) is 57.7 Å². The summed E-state index contributed by atoms with van der Waals surface area (Å²) in [4.78, 5) is 0. The summed E-state index contributed by atoms with van der Waals surface area (Å²) in [6.07, 6.45) is 10.9. The van der Waals surface area contributed by atoms with Crippen molar-refractivity contribution in [3.63, 3.8) is 0 Å². The van der Waals surface area contributed by atoms with Gasteiger partial charge in [-0.05, 0) is 89.8 Å². The van der Waals surface area contributed by atoms with Gasteiger partial charge in [0.1, 0.15) is 0 Å². The van der Waals surface area contributed by atoms with E-state index in [1.54, 1.807) is 38.5 Å². The molecule has 3 bridgehead atoms. The summed E-state index contributed by atoms with van der Waals surface area (Å²) < 4.78 is 0. The van der Waals surface area contributed by atoms with Crippen LogP contribution in [0.2, 0.25) is 0 Å². The van der Waals surface area contributed by atoms with Gasteiger partial charge in [0.25, 0.3) is 0 Å². The molecule has 10 atom stereocenters. The van der Waals surface area contributed by atoms with Crippen LogP contribution < -0.4 is 0 Å². The Morgan fingerprint density at radius 2 is 1.82 bits per heavy atom. The highest BCUT2D eigenvalue weighted by atomic mass is 14.9. The van der Waals surface area contributed by atoms with Gasteiger partial charge in [-0.1, -0.05) is 47.5 Å². The summed E-state index contributed by atoms with van der Waals surface area (Å²) in [5, 5.41) is 0. The van der Waals surface area contributed by atoms with E-state index in [2.05, 4.69) is 34.6 Å². The Balaban J connectivity index is 1.68. The zero-order chi connectivity index (χ0) is 15.5. The average molecular weight is 301 g/mol. The van der Waals surface area contributed by atoms with Gasteiger partial charge < -0.3 is 0 Å². The number of hydrogen-bond acceptors (Lipinski definition) is 0. The Labute approximate surface area is 137 Å². The van der Waals surface area contributed by atoms with Gasteiger partial charge in [-0.2, -0.15) is 0 Å². The highest BCUT2D eigenvalue weighted by molar-refractivity contribution is 5.33. The Bertz CT molecular complexity index is 508. The van der Waals surface area contributed by atoms with Crippen LogP contribution in [0, 0.1) is 57.7 Å². The maximum Gasteiger partial charge on any atom is -0.0165 e. The number of rotatable bonds is 1. The van der Waals surface area contributed by atoms with E-state index in [1.165, 1.54) is 6.42 Å². The lowest BCUT2D eigenvalue weighted by Crippen LogP contribution is -2.78. The van der Waals surface area contributed by atoms with Crippen molar-refractivity contribution >= 4 is 0 Å². The molecular weight excluding hydrogens is 264 g/mol. The van der Waals surface area contributed by atoms with Gasteiger partial charge in [0.2, 0.25) is 0 Å². The van der Waals surface area contributed by atoms with Crippen molar-refractivity contribution in [1.29, 1.82) is 0 Å². The molecule has 0 aromatic heterocycles. The molecule has 0 aliphatic heterocycles. The molecule has 2 spiro atoms. The van der Waals surface area contributed by atoms with Gasteiger partial charge in [0.05, 0.1) is 0 Å². The Kier molecular flexibility index (Phi) is 2.59. The zero-order valence-corrected chi connectivity index (χ0v) is 15.5. The van der Waals surface area contributed by atoms with E-state index in [9.17, 15) is 0 Å². The Hall–Kier alpha value is 0. The van der Waals surface area contributed by atoms with Crippen LogP contribution in [0.3, 0.4) is 0 Å². The van der Waals surface area contributed by atoms with Crippen LogP contribution in [0.25, 0.3) is 0 Å². The van der Waals surface area contributed by atoms with Crippen LogP contribution in [0.4, 0.5) is 0 Å². The maximum absolute atomic E-state index is 2.71. The minimum atomic E-state index is 0.673. The zero-order valence-electron chi connectivity index (χ0n) is 15.5. The first kappa shape index (κ1) is 14.4. The predicted octanol–water partition coefficient (Wildman–Crippen LogP) is 6.16.